The SMILES string of the molecule is Cc1ccc(Nc2ccccc2C(=O)N2CCC(CC(N)=O)C2)cc1. The second-order valence-corrected chi connectivity index (χ2v) is 6.61. The van der Waals surface area contributed by atoms with Crippen LogP contribution in [0.4, 0.5) is 11.4 Å². The number of benzene rings is 2. The number of rotatable bonds is 5. The second-order valence-electron chi connectivity index (χ2n) is 6.61. The molecule has 1 saturated heterocycles. The first-order valence-electron chi connectivity index (χ1n) is 8.53. The van der Waals surface area contributed by atoms with Crippen molar-refractivity contribution in [1.82, 2.24) is 4.90 Å². The van der Waals surface area contributed by atoms with Crippen LogP contribution < -0.4 is 11.1 Å². The molecule has 130 valence electrons. The van der Waals surface area contributed by atoms with E-state index >= 15 is 0 Å². The predicted molar refractivity (Wildman–Crippen MR) is 98.7 cm³/mol. The van der Waals surface area contributed by atoms with Crippen LogP contribution in [-0.2, 0) is 4.79 Å². The number of nitrogens with two attached hydrogens (primary N) is 1. The van der Waals surface area contributed by atoms with Crippen LogP contribution in [0.1, 0.15) is 28.8 Å². The molecule has 5 nitrogen and oxygen atoms in total. The molecular weight excluding hydrogens is 314 g/mol. The molecule has 1 fully saturated rings. The van der Waals surface area contributed by atoms with Gasteiger partial charge in [-0.3, -0.25) is 9.59 Å². The number of amides is 2. The maximum Gasteiger partial charge on any atom is 0.255 e. The molecule has 5 heteroatoms. The molecule has 0 aliphatic carbocycles. The van der Waals surface area contributed by atoms with Crippen LogP contribution in [-0.4, -0.2) is 29.8 Å². The number of hydrogen-bond acceptors (Lipinski definition) is 3. The molecule has 1 atom stereocenters. The summed E-state index contributed by atoms with van der Waals surface area (Å²) in [6.45, 7) is 3.29. The van der Waals surface area contributed by atoms with Crippen LogP contribution in [0.15, 0.2) is 48.5 Å². The molecule has 2 aromatic rings. The summed E-state index contributed by atoms with van der Waals surface area (Å²) in [6.07, 6.45) is 1.16. The molecule has 0 saturated carbocycles. The van der Waals surface area contributed by atoms with E-state index in [4.69, 9.17) is 5.73 Å². The fourth-order valence-electron chi connectivity index (χ4n) is 3.21. The first-order valence-corrected chi connectivity index (χ1v) is 8.53. The number of nitrogens with one attached hydrogen (secondary N) is 1. The normalized spacial score (nSPS) is 16.7. The third-order valence-electron chi connectivity index (χ3n) is 4.55. The molecule has 0 bridgehead atoms. The number of aryl methyl sites for hydroxylation is 1. The Hall–Kier alpha value is -2.82. The summed E-state index contributed by atoms with van der Waals surface area (Å²) < 4.78 is 0. The van der Waals surface area contributed by atoms with E-state index in [1.807, 2.05) is 60.4 Å². The van der Waals surface area contributed by atoms with E-state index in [2.05, 4.69) is 5.32 Å². The number of anilines is 2. The fraction of sp³-hybridized carbons (Fsp3) is 0.300. The second kappa shape index (κ2) is 7.38. The Bertz CT molecular complexity index is 771. The maximum atomic E-state index is 12.9. The summed E-state index contributed by atoms with van der Waals surface area (Å²) in [5, 5.41) is 3.33. The molecule has 2 amide bonds. The van der Waals surface area contributed by atoms with Crippen molar-refractivity contribution < 1.29 is 9.59 Å². The Balaban J connectivity index is 1.75. The van der Waals surface area contributed by atoms with Crippen LogP contribution in [0.5, 0.6) is 0 Å². The molecule has 25 heavy (non-hydrogen) atoms. The number of carbonyl (C=O) groups is 2. The van der Waals surface area contributed by atoms with Crippen molar-refractivity contribution in [2.45, 2.75) is 19.8 Å². The van der Waals surface area contributed by atoms with Gasteiger partial charge in [-0.25, -0.2) is 0 Å². The van der Waals surface area contributed by atoms with Gasteiger partial charge in [0.25, 0.3) is 5.91 Å². The quantitative estimate of drug-likeness (QED) is 0.880. The van der Waals surface area contributed by atoms with Gasteiger partial charge in [0.05, 0.1) is 11.3 Å². The smallest absolute Gasteiger partial charge is 0.255 e. The van der Waals surface area contributed by atoms with Gasteiger partial charge in [-0.15, -0.1) is 0 Å². The monoisotopic (exact) mass is 337 g/mol. The summed E-state index contributed by atoms with van der Waals surface area (Å²) in [6, 6.07) is 15.6. The lowest BCUT2D eigenvalue weighted by molar-refractivity contribution is -0.118. The molecule has 0 spiro atoms. The van der Waals surface area contributed by atoms with Crippen molar-refractivity contribution in [3.63, 3.8) is 0 Å². The van der Waals surface area contributed by atoms with Gasteiger partial charge in [-0.05, 0) is 43.5 Å². The van der Waals surface area contributed by atoms with Crippen LogP contribution >= 0.6 is 0 Å². The molecule has 1 aliphatic rings. The van der Waals surface area contributed by atoms with Gasteiger partial charge in [0, 0.05) is 25.2 Å². The number of carbonyl (C=O) groups excluding carboxylic acids is 2. The van der Waals surface area contributed by atoms with Crippen molar-refractivity contribution in [3.05, 3.63) is 59.7 Å². The van der Waals surface area contributed by atoms with Gasteiger partial charge in [-0.1, -0.05) is 29.8 Å². The number of primary amides is 1. The van der Waals surface area contributed by atoms with E-state index in [0.29, 0.717) is 25.1 Å². The summed E-state index contributed by atoms with van der Waals surface area (Å²) >= 11 is 0. The highest BCUT2D eigenvalue weighted by molar-refractivity contribution is 6.00. The van der Waals surface area contributed by atoms with Gasteiger partial charge >= 0.3 is 0 Å². The Morgan fingerprint density at radius 3 is 2.60 bits per heavy atom. The van der Waals surface area contributed by atoms with E-state index in [0.717, 1.165) is 17.8 Å². The number of hydrogen-bond donors (Lipinski definition) is 2. The van der Waals surface area contributed by atoms with Crippen LogP contribution in [0, 0.1) is 12.8 Å². The standard InChI is InChI=1S/C20H23N3O2/c1-14-6-8-16(9-7-14)22-18-5-3-2-4-17(18)20(25)23-11-10-15(13-23)12-19(21)24/h2-9,15,22H,10-13H2,1H3,(H2,21,24). The highest BCUT2D eigenvalue weighted by Crippen LogP contribution is 2.26. The summed E-state index contributed by atoms with van der Waals surface area (Å²) in [5.41, 5.74) is 8.83. The summed E-state index contributed by atoms with van der Waals surface area (Å²) in [5.74, 6) is -0.151. The molecule has 0 radical (unpaired) electrons. The van der Waals surface area contributed by atoms with Gasteiger partial charge in [0.1, 0.15) is 0 Å². The van der Waals surface area contributed by atoms with Crippen molar-refractivity contribution in [2.75, 3.05) is 18.4 Å². The van der Waals surface area contributed by atoms with E-state index in [9.17, 15) is 9.59 Å². The topological polar surface area (TPSA) is 75.4 Å². The third-order valence-corrected chi connectivity index (χ3v) is 4.55. The van der Waals surface area contributed by atoms with Crippen molar-refractivity contribution in [3.8, 4) is 0 Å². The Morgan fingerprint density at radius 2 is 1.88 bits per heavy atom. The van der Waals surface area contributed by atoms with Crippen molar-refractivity contribution in [2.24, 2.45) is 11.7 Å². The first kappa shape index (κ1) is 17.0. The molecule has 2 aromatic carbocycles. The van der Waals surface area contributed by atoms with Gasteiger partial charge < -0.3 is 16.0 Å². The minimum absolute atomic E-state index is 0.0119. The van der Waals surface area contributed by atoms with Gasteiger partial charge in [-0.2, -0.15) is 0 Å². The third kappa shape index (κ3) is 4.18. The zero-order valence-corrected chi connectivity index (χ0v) is 14.4. The maximum absolute atomic E-state index is 12.9. The Kier molecular flexibility index (Phi) is 5.03. The average molecular weight is 337 g/mol. The highest BCUT2D eigenvalue weighted by Gasteiger charge is 2.28. The Labute approximate surface area is 147 Å². The minimum atomic E-state index is -0.305. The van der Waals surface area contributed by atoms with Crippen LogP contribution in [0.25, 0.3) is 0 Å². The molecule has 1 unspecified atom stereocenters. The lowest BCUT2D eigenvalue weighted by Gasteiger charge is -2.19. The van der Waals surface area contributed by atoms with Crippen LogP contribution in [0.3, 0.4) is 0 Å². The molecule has 1 heterocycles. The highest BCUT2D eigenvalue weighted by atomic mass is 16.2. The molecule has 1 aliphatic heterocycles. The molecule has 0 aromatic heterocycles. The summed E-state index contributed by atoms with van der Waals surface area (Å²) in [7, 11) is 0. The lowest BCUT2D eigenvalue weighted by Crippen LogP contribution is -2.29. The van der Waals surface area contributed by atoms with Crippen LogP contribution in [0.2, 0.25) is 0 Å². The molecule has 3 rings (SSSR count). The van der Waals surface area contributed by atoms with E-state index in [1.165, 1.54) is 5.56 Å². The molecule has 3 N–H and O–H groups in total. The number of para-hydroxylation sites is 1. The van der Waals surface area contributed by atoms with E-state index in [-0.39, 0.29) is 17.7 Å². The number of likely N-dealkylation sites (tertiary alicyclic amines) is 1. The summed E-state index contributed by atoms with van der Waals surface area (Å²) in [4.78, 5) is 25.8. The van der Waals surface area contributed by atoms with E-state index < -0.39 is 0 Å². The van der Waals surface area contributed by atoms with E-state index in [1.54, 1.807) is 0 Å². The van der Waals surface area contributed by atoms with Gasteiger partial charge in [0.15, 0.2) is 0 Å². The van der Waals surface area contributed by atoms with Crippen molar-refractivity contribution >= 4 is 23.2 Å². The Morgan fingerprint density at radius 1 is 1.16 bits per heavy atom. The van der Waals surface area contributed by atoms with Crippen molar-refractivity contribution in [1.29, 1.82) is 0 Å². The zero-order valence-electron chi connectivity index (χ0n) is 14.4. The van der Waals surface area contributed by atoms with Gasteiger partial charge in [0.2, 0.25) is 5.91 Å². The zero-order chi connectivity index (χ0) is 17.8. The number of nitrogens with zero attached hydrogens (tertiary/aromatic N) is 1. The first-order chi connectivity index (χ1) is 12.0. The fourth-order valence-corrected chi connectivity index (χ4v) is 3.21. The molecular formula is C20H23N3O2. The average Bonchev–Trinajstić information content (AvgIpc) is 3.04. The largest absolute Gasteiger partial charge is 0.370 e. The minimum Gasteiger partial charge on any atom is -0.370 e. The lowest BCUT2D eigenvalue weighted by atomic mass is 10.1. The predicted octanol–water partition coefficient (Wildman–Crippen LogP) is 3.08.